The van der Waals surface area contributed by atoms with E-state index in [4.69, 9.17) is 9.94 Å². The minimum Gasteiger partial charge on any atom is -0.380 e. The van der Waals surface area contributed by atoms with E-state index in [2.05, 4.69) is 4.99 Å². The fourth-order valence-electron chi connectivity index (χ4n) is 2.14. The number of hydrogen-bond acceptors (Lipinski definition) is 6. The van der Waals surface area contributed by atoms with E-state index >= 15 is 0 Å². The molecule has 0 bridgehead atoms. The average molecular weight is 279 g/mol. The van der Waals surface area contributed by atoms with Crippen LogP contribution in [-0.2, 0) is 14.3 Å². The van der Waals surface area contributed by atoms with Crippen LogP contribution in [0.25, 0.3) is 0 Å². The lowest BCUT2D eigenvalue weighted by Gasteiger charge is -2.30. The fraction of sp³-hybridized carbons (Fsp3) is 0.462. The van der Waals surface area contributed by atoms with Gasteiger partial charge in [0.05, 0.1) is 24.2 Å². The van der Waals surface area contributed by atoms with E-state index in [1.807, 2.05) is 11.8 Å². The van der Waals surface area contributed by atoms with Crippen LogP contribution in [0.3, 0.4) is 0 Å². The molecule has 108 valence electrons. The second kappa shape index (κ2) is 6.44. The first-order valence-electron chi connectivity index (χ1n) is 6.44. The maximum absolute atomic E-state index is 11.7. The zero-order valence-electron chi connectivity index (χ0n) is 11.2. The number of rotatable bonds is 5. The predicted octanol–water partition coefficient (Wildman–Crippen LogP) is -0.119. The van der Waals surface area contributed by atoms with E-state index in [9.17, 15) is 9.59 Å². The molecular weight excluding hydrogens is 262 g/mol. The Hall–Kier alpha value is -1.99. The van der Waals surface area contributed by atoms with Crippen molar-refractivity contribution < 1.29 is 19.5 Å². The van der Waals surface area contributed by atoms with Gasteiger partial charge in [0.1, 0.15) is 0 Å². The van der Waals surface area contributed by atoms with Crippen LogP contribution < -0.4 is 5.48 Å². The van der Waals surface area contributed by atoms with Gasteiger partial charge in [-0.1, -0.05) is 6.08 Å². The number of carbonyl (C=O) groups excluding carboxylic acids is 2. The predicted molar refractivity (Wildman–Crippen MR) is 71.2 cm³/mol. The molecule has 1 amide bonds. The van der Waals surface area contributed by atoms with Crippen LogP contribution in [0.4, 0.5) is 0 Å². The number of hydrogen-bond donors (Lipinski definition) is 2. The number of ether oxygens (including phenoxy) is 1. The van der Waals surface area contributed by atoms with Gasteiger partial charge < -0.3 is 9.64 Å². The first-order chi connectivity index (χ1) is 9.65. The first kappa shape index (κ1) is 14.4. The highest BCUT2D eigenvalue weighted by Crippen LogP contribution is 2.25. The molecule has 1 atom stereocenters. The zero-order valence-corrected chi connectivity index (χ0v) is 11.2. The van der Waals surface area contributed by atoms with Crippen molar-refractivity contribution in [1.29, 1.82) is 0 Å². The minimum atomic E-state index is -0.791. The van der Waals surface area contributed by atoms with Crippen molar-refractivity contribution in [3.63, 3.8) is 0 Å². The molecule has 1 unspecified atom stereocenters. The lowest BCUT2D eigenvalue weighted by atomic mass is 9.91. The second-order valence-electron chi connectivity index (χ2n) is 4.50. The third-order valence-electron chi connectivity index (χ3n) is 3.17. The minimum absolute atomic E-state index is 0.0527. The Morgan fingerprint density at radius 2 is 2.45 bits per heavy atom. The lowest BCUT2D eigenvalue weighted by Crippen LogP contribution is -2.37. The molecule has 0 saturated heterocycles. The van der Waals surface area contributed by atoms with Crippen LogP contribution in [0.2, 0.25) is 0 Å². The Morgan fingerprint density at radius 1 is 1.65 bits per heavy atom. The summed E-state index contributed by atoms with van der Waals surface area (Å²) in [6.45, 7) is 4.51. The molecule has 0 aromatic rings. The van der Waals surface area contributed by atoms with Crippen molar-refractivity contribution in [2.75, 3.05) is 26.3 Å². The topological polar surface area (TPSA) is 91.2 Å². The fourth-order valence-corrected chi connectivity index (χ4v) is 2.14. The molecule has 0 fully saturated rings. The van der Waals surface area contributed by atoms with Gasteiger partial charge in [0.15, 0.2) is 5.78 Å². The highest BCUT2D eigenvalue weighted by Gasteiger charge is 2.29. The largest absolute Gasteiger partial charge is 0.380 e. The van der Waals surface area contributed by atoms with Gasteiger partial charge in [-0.15, -0.1) is 0 Å². The molecule has 0 saturated carbocycles. The number of carbonyl (C=O) groups is 2. The van der Waals surface area contributed by atoms with Crippen molar-refractivity contribution in [1.82, 2.24) is 10.4 Å². The standard InChI is InChI=1S/C13H17N3O4/c1-2-20-4-3-16-7-9-5-10(13(18)15-19)12(17)6-11(9)14-8-16/h5-6,8-9,19H,2-4,7H2,1H3,(H,15,18). The normalized spacial score (nSPS) is 21.2. The van der Waals surface area contributed by atoms with Crippen molar-refractivity contribution in [2.24, 2.45) is 10.9 Å². The van der Waals surface area contributed by atoms with E-state index < -0.39 is 11.7 Å². The highest BCUT2D eigenvalue weighted by molar-refractivity contribution is 6.24. The molecule has 2 N–H and O–H groups in total. The van der Waals surface area contributed by atoms with Crippen molar-refractivity contribution in [3.8, 4) is 0 Å². The van der Waals surface area contributed by atoms with E-state index in [-0.39, 0.29) is 11.5 Å². The summed E-state index contributed by atoms with van der Waals surface area (Å²) < 4.78 is 5.28. The molecule has 2 rings (SSSR count). The summed E-state index contributed by atoms with van der Waals surface area (Å²) in [7, 11) is 0. The molecule has 0 spiro atoms. The third-order valence-corrected chi connectivity index (χ3v) is 3.17. The SMILES string of the molecule is CCOCCN1C=NC2=CC(=O)C(C(=O)NO)=CC2C1. The monoisotopic (exact) mass is 279 g/mol. The molecule has 0 aromatic heterocycles. The number of amides is 1. The molecule has 0 radical (unpaired) electrons. The van der Waals surface area contributed by atoms with Gasteiger partial charge >= 0.3 is 0 Å². The van der Waals surface area contributed by atoms with Gasteiger partial charge in [0, 0.05) is 31.7 Å². The van der Waals surface area contributed by atoms with Crippen molar-refractivity contribution >= 4 is 18.0 Å². The van der Waals surface area contributed by atoms with Crippen LogP contribution in [0.15, 0.2) is 28.4 Å². The molecule has 20 heavy (non-hydrogen) atoms. The zero-order chi connectivity index (χ0) is 14.5. The van der Waals surface area contributed by atoms with E-state index in [1.54, 1.807) is 12.4 Å². The van der Waals surface area contributed by atoms with Crippen LogP contribution in [-0.4, -0.2) is 54.4 Å². The Labute approximate surface area is 116 Å². The second-order valence-corrected chi connectivity index (χ2v) is 4.50. The van der Waals surface area contributed by atoms with Crippen LogP contribution >= 0.6 is 0 Å². The number of aliphatic imine (C=N–C) groups is 1. The number of hydroxylamine groups is 1. The third kappa shape index (κ3) is 3.12. The molecule has 7 nitrogen and oxygen atoms in total. The number of ketones is 1. The summed E-state index contributed by atoms with van der Waals surface area (Å²) in [5, 5.41) is 8.63. The van der Waals surface area contributed by atoms with Gasteiger partial charge in [-0.2, -0.15) is 0 Å². The molecule has 1 aliphatic heterocycles. The Bertz CT molecular complexity index is 496. The van der Waals surface area contributed by atoms with Gasteiger partial charge in [0.25, 0.3) is 5.91 Å². The van der Waals surface area contributed by atoms with Gasteiger partial charge in [-0.3, -0.25) is 14.8 Å². The quantitative estimate of drug-likeness (QED) is 0.317. The summed E-state index contributed by atoms with van der Waals surface area (Å²) in [5.74, 6) is -1.37. The number of nitrogens with one attached hydrogen (secondary N) is 1. The molecule has 1 heterocycles. The number of nitrogens with zero attached hydrogens (tertiary/aromatic N) is 2. The highest BCUT2D eigenvalue weighted by atomic mass is 16.5. The molecular formula is C13H17N3O4. The smallest absolute Gasteiger partial charge is 0.278 e. The van der Waals surface area contributed by atoms with Gasteiger partial charge in [-0.05, 0) is 6.92 Å². The van der Waals surface area contributed by atoms with Crippen molar-refractivity contribution in [3.05, 3.63) is 23.4 Å². The molecule has 0 aromatic carbocycles. The molecule has 7 heteroatoms. The number of fused-ring (bicyclic) bond motifs is 1. The maximum Gasteiger partial charge on any atom is 0.278 e. The van der Waals surface area contributed by atoms with Crippen LogP contribution in [0.1, 0.15) is 6.92 Å². The van der Waals surface area contributed by atoms with E-state index in [0.29, 0.717) is 32.0 Å². The first-order valence-corrected chi connectivity index (χ1v) is 6.44. The lowest BCUT2D eigenvalue weighted by molar-refractivity contribution is -0.127. The van der Waals surface area contributed by atoms with Gasteiger partial charge in [0.2, 0.25) is 0 Å². The van der Waals surface area contributed by atoms with Crippen molar-refractivity contribution in [2.45, 2.75) is 6.92 Å². The maximum atomic E-state index is 11.7. The molecule has 2 aliphatic rings. The Balaban J connectivity index is 2.08. The van der Waals surface area contributed by atoms with Crippen LogP contribution in [0.5, 0.6) is 0 Å². The summed E-state index contributed by atoms with van der Waals surface area (Å²) in [4.78, 5) is 29.3. The summed E-state index contributed by atoms with van der Waals surface area (Å²) in [6, 6.07) is 0. The summed E-state index contributed by atoms with van der Waals surface area (Å²) in [6.07, 6.45) is 4.57. The summed E-state index contributed by atoms with van der Waals surface area (Å²) in [5.41, 5.74) is 2.07. The van der Waals surface area contributed by atoms with Gasteiger partial charge in [-0.25, -0.2) is 10.5 Å². The Morgan fingerprint density at radius 3 is 3.15 bits per heavy atom. The number of allylic oxidation sites excluding steroid dienone is 1. The summed E-state index contributed by atoms with van der Waals surface area (Å²) >= 11 is 0. The average Bonchev–Trinajstić information content (AvgIpc) is 2.46. The molecule has 1 aliphatic carbocycles. The Kier molecular flexibility index (Phi) is 4.65. The van der Waals surface area contributed by atoms with E-state index in [1.165, 1.54) is 11.6 Å². The van der Waals surface area contributed by atoms with E-state index in [0.717, 1.165) is 0 Å². The van der Waals surface area contributed by atoms with Crippen LogP contribution in [0, 0.1) is 5.92 Å².